The summed E-state index contributed by atoms with van der Waals surface area (Å²) in [7, 11) is 0. The van der Waals surface area contributed by atoms with Gasteiger partial charge in [0.2, 0.25) is 0 Å². The number of anilines is 1. The number of fused-ring (bicyclic) bond motifs is 1. The van der Waals surface area contributed by atoms with E-state index in [0.717, 1.165) is 33.6 Å². The molecule has 0 radical (unpaired) electrons. The summed E-state index contributed by atoms with van der Waals surface area (Å²) < 4.78 is 7.43. The summed E-state index contributed by atoms with van der Waals surface area (Å²) in [6.07, 6.45) is 3.73. The van der Waals surface area contributed by atoms with E-state index in [4.69, 9.17) is 4.74 Å². The second-order valence-electron chi connectivity index (χ2n) is 6.21. The molecule has 0 atom stereocenters. The van der Waals surface area contributed by atoms with E-state index in [9.17, 15) is 5.11 Å². The molecule has 0 amide bonds. The fraction of sp³-hybridized carbons (Fsp3) is 0.368. The van der Waals surface area contributed by atoms with Gasteiger partial charge >= 0.3 is 0 Å². The van der Waals surface area contributed by atoms with Crippen molar-refractivity contribution in [1.29, 1.82) is 0 Å². The van der Waals surface area contributed by atoms with Gasteiger partial charge in [-0.3, -0.25) is 0 Å². The number of rotatable bonds is 7. The Kier molecular flexibility index (Phi) is 5.19. The first-order chi connectivity index (χ1) is 12.1. The molecule has 2 N–H and O–H groups in total. The molecule has 2 aromatic heterocycles. The van der Waals surface area contributed by atoms with Crippen molar-refractivity contribution in [3.05, 3.63) is 47.8 Å². The van der Waals surface area contributed by atoms with Crippen LogP contribution in [0.1, 0.15) is 37.9 Å². The van der Waals surface area contributed by atoms with Crippen LogP contribution >= 0.6 is 0 Å². The van der Waals surface area contributed by atoms with Gasteiger partial charge in [-0.25, -0.2) is 9.67 Å². The van der Waals surface area contributed by atoms with E-state index in [1.807, 2.05) is 42.2 Å². The van der Waals surface area contributed by atoms with Crippen molar-refractivity contribution in [2.45, 2.75) is 40.0 Å². The highest BCUT2D eigenvalue weighted by molar-refractivity contribution is 5.75. The van der Waals surface area contributed by atoms with Crippen LogP contribution in [0.25, 0.3) is 11.0 Å². The third kappa shape index (κ3) is 3.74. The molecule has 0 saturated heterocycles. The molecule has 6 heteroatoms. The van der Waals surface area contributed by atoms with Crippen molar-refractivity contribution in [3.63, 3.8) is 0 Å². The fourth-order valence-electron chi connectivity index (χ4n) is 2.77. The van der Waals surface area contributed by atoms with Crippen molar-refractivity contribution in [2.24, 2.45) is 0 Å². The molecule has 0 saturated carbocycles. The SMILES string of the molecule is CCOc1ccc(NCc2cnc3c(cnn3C(C)C)c2)cc1CO. The largest absolute Gasteiger partial charge is 0.494 e. The second kappa shape index (κ2) is 7.53. The molecule has 0 fully saturated rings. The van der Waals surface area contributed by atoms with Gasteiger partial charge in [-0.2, -0.15) is 5.10 Å². The maximum atomic E-state index is 9.49. The number of aliphatic hydroxyl groups is 1. The van der Waals surface area contributed by atoms with Gasteiger partial charge in [0.15, 0.2) is 5.65 Å². The topological polar surface area (TPSA) is 72.2 Å². The second-order valence-corrected chi connectivity index (χ2v) is 6.21. The molecule has 0 bridgehead atoms. The molecule has 0 aliphatic rings. The summed E-state index contributed by atoms with van der Waals surface area (Å²) in [6, 6.07) is 8.13. The van der Waals surface area contributed by atoms with Crippen LogP contribution in [0.5, 0.6) is 5.75 Å². The number of aromatic nitrogens is 3. The van der Waals surface area contributed by atoms with E-state index in [-0.39, 0.29) is 12.6 Å². The highest BCUT2D eigenvalue weighted by atomic mass is 16.5. The van der Waals surface area contributed by atoms with Gasteiger partial charge in [-0.1, -0.05) is 0 Å². The van der Waals surface area contributed by atoms with E-state index in [2.05, 4.69) is 35.3 Å². The smallest absolute Gasteiger partial charge is 0.157 e. The lowest BCUT2D eigenvalue weighted by Crippen LogP contribution is -2.04. The van der Waals surface area contributed by atoms with E-state index in [1.54, 1.807) is 0 Å². The first kappa shape index (κ1) is 17.2. The van der Waals surface area contributed by atoms with Gasteiger partial charge in [0.1, 0.15) is 5.75 Å². The summed E-state index contributed by atoms with van der Waals surface area (Å²) in [4.78, 5) is 4.55. The van der Waals surface area contributed by atoms with Crippen LogP contribution < -0.4 is 10.1 Å². The van der Waals surface area contributed by atoms with Crippen LogP contribution in [0.4, 0.5) is 5.69 Å². The number of nitrogens with one attached hydrogen (secondary N) is 1. The first-order valence-corrected chi connectivity index (χ1v) is 8.55. The lowest BCUT2D eigenvalue weighted by Gasteiger charge is -2.12. The molecular weight excluding hydrogens is 316 g/mol. The lowest BCUT2D eigenvalue weighted by atomic mass is 10.1. The Morgan fingerprint density at radius 3 is 2.80 bits per heavy atom. The van der Waals surface area contributed by atoms with Crippen molar-refractivity contribution < 1.29 is 9.84 Å². The molecule has 3 aromatic rings. The Morgan fingerprint density at radius 2 is 2.08 bits per heavy atom. The fourth-order valence-corrected chi connectivity index (χ4v) is 2.77. The number of hydrogen-bond acceptors (Lipinski definition) is 5. The van der Waals surface area contributed by atoms with E-state index >= 15 is 0 Å². The summed E-state index contributed by atoms with van der Waals surface area (Å²) in [6.45, 7) is 7.29. The quantitative estimate of drug-likeness (QED) is 0.688. The summed E-state index contributed by atoms with van der Waals surface area (Å²) in [5, 5.41) is 18.3. The minimum absolute atomic E-state index is 0.0489. The molecule has 0 spiro atoms. The van der Waals surface area contributed by atoms with Gasteiger partial charge in [-0.15, -0.1) is 0 Å². The van der Waals surface area contributed by atoms with Gasteiger partial charge in [0, 0.05) is 35.4 Å². The average Bonchev–Trinajstić information content (AvgIpc) is 3.04. The molecule has 25 heavy (non-hydrogen) atoms. The van der Waals surface area contributed by atoms with Crippen molar-refractivity contribution in [3.8, 4) is 5.75 Å². The Balaban J connectivity index is 1.74. The van der Waals surface area contributed by atoms with Crippen LogP contribution in [0, 0.1) is 0 Å². The lowest BCUT2D eigenvalue weighted by molar-refractivity contribution is 0.267. The standard InChI is InChI=1S/C19H24N4O2/c1-4-25-18-6-5-17(8-16(18)12-24)20-9-14-7-15-11-22-23(13(2)3)19(15)21-10-14/h5-8,10-11,13,20,24H,4,9,12H2,1-3H3. The van der Waals surface area contributed by atoms with E-state index in [0.29, 0.717) is 13.2 Å². The zero-order valence-electron chi connectivity index (χ0n) is 14.9. The zero-order valence-corrected chi connectivity index (χ0v) is 14.9. The minimum atomic E-state index is -0.0489. The maximum Gasteiger partial charge on any atom is 0.157 e. The maximum absolute atomic E-state index is 9.49. The van der Waals surface area contributed by atoms with Crippen LogP contribution in [-0.4, -0.2) is 26.5 Å². The number of ether oxygens (including phenoxy) is 1. The predicted octanol–water partition coefficient (Wildman–Crippen LogP) is 3.52. The highest BCUT2D eigenvalue weighted by Gasteiger charge is 2.08. The average molecular weight is 340 g/mol. The number of hydrogen-bond donors (Lipinski definition) is 2. The third-order valence-electron chi connectivity index (χ3n) is 4.01. The Bertz CT molecular complexity index is 858. The molecule has 132 valence electrons. The zero-order chi connectivity index (χ0) is 17.8. The number of pyridine rings is 1. The molecule has 6 nitrogen and oxygen atoms in total. The normalized spacial score (nSPS) is 11.2. The molecule has 2 heterocycles. The van der Waals surface area contributed by atoms with Gasteiger partial charge < -0.3 is 15.2 Å². The number of benzene rings is 1. The summed E-state index contributed by atoms with van der Waals surface area (Å²) >= 11 is 0. The monoisotopic (exact) mass is 340 g/mol. The third-order valence-corrected chi connectivity index (χ3v) is 4.01. The first-order valence-electron chi connectivity index (χ1n) is 8.55. The minimum Gasteiger partial charge on any atom is -0.494 e. The van der Waals surface area contributed by atoms with Crippen LogP contribution in [0.2, 0.25) is 0 Å². The Morgan fingerprint density at radius 1 is 1.24 bits per heavy atom. The van der Waals surface area contributed by atoms with Crippen LogP contribution in [0.3, 0.4) is 0 Å². The van der Waals surface area contributed by atoms with Gasteiger partial charge in [-0.05, 0) is 50.6 Å². The van der Waals surface area contributed by atoms with Gasteiger partial charge in [0.05, 0.1) is 19.4 Å². The molecule has 1 aromatic carbocycles. The van der Waals surface area contributed by atoms with E-state index in [1.165, 1.54) is 0 Å². The molecule has 0 unspecified atom stereocenters. The van der Waals surface area contributed by atoms with E-state index < -0.39 is 0 Å². The Hall–Kier alpha value is -2.60. The van der Waals surface area contributed by atoms with Crippen molar-refractivity contribution >= 4 is 16.7 Å². The number of aliphatic hydroxyl groups excluding tert-OH is 1. The van der Waals surface area contributed by atoms with Crippen molar-refractivity contribution in [2.75, 3.05) is 11.9 Å². The van der Waals surface area contributed by atoms with Crippen LogP contribution in [0.15, 0.2) is 36.7 Å². The predicted molar refractivity (Wildman–Crippen MR) is 98.8 cm³/mol. The van der Waals surface area contributed by atoms with Crippen LogP contribution in [-0.2, 0) is 13.2 Å². The highest BCUT2D eigenvalue weighted by Crippen LogP contribution is 2.24. The molecular formula is C19H24N4O2. The Labute approximate surface area is 147 Å². The summed E-state index contributed by atoms with van der Waals surface area (Å²) in [5.41, 5.74) is 3.70. The number of nitrogens with zero attached hydrogens (tertiary/aromatic N) is 3. The van der Waals surface area contributed by atoms with Crippen molar-refractivity contribution in [1.82, 2.24) is 14.8 Å². The molecule has 3 rings (SSSR count). The summed E-state index contributed by atoms with van der Waals surface area (Å²) in [5.74, 6) is 0.722. The molecule has 0 aliphatic carbocycles. The van der Waals surface area contributed by atoms with Gasteiger partial charge in [0.25, 0.3) is 0 Å². The molecule has 0 aliphatic heterocycles.